The Hall–Kier alpha value is -4.59. The Kier molecular flexibility index (Phi) is 4.57. The molecular formula is C23H15N5O3. The van der Waals surface area contributed by atoms with Gasteiger partial charge in [-0.25, -0.2) is 4.98 Å². The van der Waals surface area contributed by atoms with Gasteiger partial charge in [0.05, 0.1) is 16.0 Å². The van der Waals surface area contributed by atoms with E-state index in [1.165, 1.54) is 12.1 Å². The Morgan fingerprint density at radius 3 is 2.48 bits per heavy atom. The minimum atomic E-state index is -0.434. The first-order chi connectivity index (χ1) is 15.2. The SMILES string of the molecule is O=[N+]([O-])c1ccc2nc(-c3ccccc3-c3nnc(/C=C/c4ccccc4)o3)[nH]c2c1. The second kappa shape index (κ2) is 7.68. The summed E-state index contributed by atoms with van der Waals surface area (Å²) in [6.45, 7) is 0. The number of aromatic nitrogens is 4. The van der Waals surface area contributed by atoms with Crippen molar-refractivity contribution in [3.05, 3.63) is 94.4 Å². The van der Waals surface area contributed by atoms with Gasteiger partial charge >= 0.3 is 0 Å². The van der Waals surface area contributed by atoms with Crippen molar-refractivity contribution in [3.63, 3.8) is 0 Å². The third-order valence-electron chi connectivity index (χ3n) is 4.75. The van der Waals surface area contributed by atoms with Crippen LogP contribution in [0.15, 0.2) is 77.2 Å². The first kappa shape index (κ1) is 18.4. The molecule has 31 heavy (non-hydrogen) atoms. The zero-order chi connectivity index (χ0) is 21.2. The Morgan fingerprint density at radius 2 is 1.68 bits per heavy atom. The van der Waals surface area contributed by atoms with Gasteiger partial charge in [0.2, 0.25) is 11.8 Å². The van der Waals surface area contributed by atoms with Gasteiger partial charge in [-0.15, -0.1) is 10.2 Å². The van der Waals surface area contributed by atoms with Crippen LogP contribution in [0.2, 0.25) is 0 Å². The van der Waals surface area contributed by atoms with E-state index in [2.05, 4.69) is 20.2 Å². The summed E-state index contributed by atoms with van der Waals surface area (Å²) >= 11 is 0. The number of nitro benzene ring substituents is 1. The average molecular weight is 409 g/mol. The normalized spacial score (nSPS) is 11.4. The number of fused-ring (bicyclic) bond motifs is 1. The molecule has 0 unspecified atom stereocenters. The van der Waals surface area contributed by atoms with Crippen LogP contribution in [0.25, 0.3) is 46.0 Å². The summed E-state index contributed by atoms with van der Waals surface area (Å²) in [7, 11) is 0. The third kappa shape index (κ3) is 3.69. The van der Waals surface area contributed by atoms with Crippen LogP contribution in [-0.2, 0) is 0 Å². The molecule has 2 heterocycles. The molecule has 0 aliphatic heterocycles. The molecule has 0 saturated heterocycles. The van der Waals surface area contributed by atoms with Crippen molar-refractivity contribution >= 4 is 28.9 Å². The van der Waals surface area contributed by atoms with E-state index in [1.54, 1.807) is 12.1 Å². The lowest BCUT2D eigenvalue weighted by Crippen LogP contribution is -1.87. The number of hydrogen-bond acceptors (Lipinski definition) is 6. The average Bonchev–Trinajstić information content (AvgIpc) is 3.45. The van der Waals surface area contributed by atoms with Gasteiger partial charge in [-0.05, 0) is 23.8 Å². The van der Waals surface area contributed by atoms with Crippen molar-refractivity contribution in [1.82, 2.24) is 20.2 Å². The molecule has 0 radical (unpaired) electrons. The maximum Gasteiger partial charge on any atom is 0.271 e. The summed E-state index contributed by atoms with van der Waals surface area (Å²) in [5.41, 5.74) is 3.71. The lowest BCUT2D eigenvalue weighted by molar-refractivity contribution is -0.384. The van der Waals surface area contributed by atoms with Crippen LogP contribution in [0, 0.1) is 10.1 Å². The van der Waals surface area contributed by atoms with Gasteiger partial charge in [-0.3, -0.25) is 10.1 Å². The molecule has 3 aromatic carbocycles. The zero-order valence-electron chi connectivity index (χ0n) is 16.1. The summed E-state index contributed by atoms with van der Waals surface area (Å²) in [4.78, 5) is 18.3. The number of aromatic amines is 1. The van der Waals surface area contributed by atoms with Gasteiger partial charge in [-0.2, -0.15) is 0 Å². The van der Waals surface area contributed by atoms with Crippen molar-refractivity contribution in [2.24, 2.45) is 0 Å². The second-order valence-corrected chi connectivity index (χ2v) is 6.78. The van der Waals surface area contributed by atoms with Crippen LogP contribution in [0.3, 0.4) is 0 Å². The van der Waals surface area contributed by atoms with Crippen molar-refractivity contribution in [1.29, 1.82) is 0 Å². The van der Waals surface area contributed by atoms with Crippen LogP contribution < -0.4 is 0 Å². The summed E-state index contributed by atoms with van der Waals surface area (Å²) in [5.74, 6) is 1.30. The lowest BCUT2D eigenvalue weighted by Gasteiger charge is -2.02. The topological polar surface area (TPSA) is 111 Å². The smallest absolute Gasteiger partial charge is 0.271 e. The summed E-state index contributed by atoms with van der Waals surface area (Å²) in [6.07, 6.45) is 3.66. The molecule has 0 fully saturated rings. The maximum absolute atomic E-state index is 11.0. The van der Waals surface area contributed by atoms with Crippen LogP contribution in [-0.4, -0.2) is 25.1 Å². The fourth-order valence-electron chi connectivity index (χ4n) is 3.26. The number of non-ortho nitro benzene ring substituents is 1. The predicted molar refractivity (Wildman–Crippen MR) is 117 cm³/mol. The van der Waals surface area contributed by atoms with Gasteiger partial charge in [0, 0.05) is 29.3 Å². The zero-order valence-corrected chi connectivity index (χ0v) is 16.1. The number of H-pyrrole nitrogens is 1. The largest absolute Gasteiger partial charge is 0.417 e. The van der Waals surface area contributed by atoms with E-state index < -0.39 is 4.92 Å². The number of benzene rings is 3. The van der Waals surface area contributed by atoms with Crippen molar-refractivity contribution in [3.8, 4) is 22.8 Å². The highest BCUT2D eigenvalue weighted by molar-refractivity contribution is 5.85. The van der Waals surface area contributed by atoms with Crippen molar-refractivity contribution in [2.75, 3.05) is 0 Å². The van der Waals surface area contributed by atoms with Crippen LogP contribution >= 0.6 is 0 Å². The molecule has 5 rings (SSSR count). The standard InChI is InChI=1S/C23H15N5O3/c29-28(30)16-11-12-19-20(14-16)25-22(24-19)17-8-4-5-9-18(17)23-27-26-21(31-23)13-10-15-6-2-1-3-7-15/h1-14H,(H,24,25)/b13-10+. The minimum Gasteiger partial charge on any atom is -0.417 e. The highest BCUT2D eigenvalue weighted by Gasteiger charge is 2.16. The number of nitro groups is 1. The van der Waals surface area contributed by atoms with E-state index in [4.69, 9.17) is 4.42 Å². The summed E-state index contributed by atoms with van der Waals surface area (Å²) < 4.78 is 5.84. The number of hydrogen-bond donors (Lipinski definition) is 1. The van der Waals surface area contributed by atoms with Gasteiger partial charge in [0.15, 0.2) is 0 Å². The van der Waals surface area contributed by atoms with E-state index in [9.17, 15) is 10.1 Å². The maximum atomic E-state index is 11.0. The Balaban J connectivity index is 1.50. The molecule has 8 nitrogen and oxygen atoms in total. The van der Waals surface area contributed by atoms with Gasteiger partial charge in [0.25, 0.3) is 5.69 Å². The summed E-state index contributed by atoms with van der Waals surface area (Å²) in [5, 5.41) is 19.3. The van der Waals surface area contributed by atoms with Gasteiger partial charge in [-0.1, -0.05) is 48.5 Å². The van der Waals surface area contributed by atoms with Crippen molar-refractivity contribution < 1.29 is 9.34 Å². The van der Waals surface area contributed by atoms with Crippen LogP contribution in [0.5, 0.6) is 0 Å². The lowest BCUT2D eigenvalue weighted by atomic mass is 10.1. The van der Waals surface area contributed by atoms with E-state index in [1.807, 2.05) is 60.7 Å². The van der Waals surface area contributed by atoms with E-state index in [-0.39, 0.29) is 5.69 Å². The fourth-order valence-corrected chi connectivity index (χ4v) is 3.26. The van der Waals surface area contributed by atoms with E-state index >= 15 is 0 Å². The number of imidazole rings is 1. The quantitative estimate of drug-likeness (QED) is 0.309. The molecule has 0 aliphatic rings. The third-order valence-corrected chi connectivity index (χ3v) is 4.75. The van der Waals surface area contributed by atoms with Crippen LogP contribution in [0.1, 0.15) is 11.5 Å². The molecule has 5 aromatic rings. The molecule has 0 saturated carbocycles. The highest BCUT2D eigenvalue weighted by Crippen LogP contribution is 2.31. The molecule has 0 atom stereocenters. The van der Waals surface area contributed by atoms with E-state index in [0.29, 0.717) is 34.2 Å². The second-order valence-electron chi connectivity index (χ2n) is 6.78. The van der Waals surface area contributed by atoms with Crippen molar-refractivity contribution in [2.45, 2.75) is 0 Å². The molecule has 8 heteroatoms. The number of nitrogens with zero attached hydrogens (tertiary/aromatic N) is 4. The molecule has 2 aromatic heterocycles. The van der Waals surface area contributed by atoms with Gasteiger partial charge < -0.3 is 9.40 Å². The Labute approximate surface area is 176 Å². The van der Waals surface area contributed by atoms with Gasteiger partial charge in [0.1, 0.15) is 5.82 Å². The fraction of sp³-hybridized carbons (Fsp3) is 0. The monoisotopic (exact) mass is 409 g/mol. The molecular weight excluding hydrogens is 394 g/mol. The molecule has 0 aliphatic carbocycles. The first-order valence-electron chi connectivity index (χ1n) is 9.48. The molecule has 0 bridgehead atoms. The number of rotatable bonds is 5. The van der Waals surface area contributed by atoms with E-state index in [0.717, 1.165) is 11.1 Å². The molecule has 0 amide bonds. The summed E-state index contributed by atoms with van der Waals surface area (Å²) in [6, 6.07) is 21.8. The predicted octanol–water partition coefficient (Wildman–Crippen LogP) is 5.36. The minimum absolute atomic E-state index is 0.00253. The number of nitrogens with one attached hydrogen (secondary N) is 1. The van der Waals surface area contributed by atoms with Crippen LogP contribution in [0.4, 0.5) is 5.69 Å². The molecule has 150 valence electrons. The Bertz CT molecular complexity index is 1420. The Morgan fingerprint density at radius 1 is 0.903 bits per heavy atom. The first-order valence-corrected chi connectivity index (χ1v) is 9.48. The molecule has 0 spiro atoms. The molecule has 1 N–H and O–H groups in total. The highest BCUT2D eigenvalue weighted by atomic mass is 16.6.